The smallest absolute Gasteiger partial charge is 0.303 e. The van der Waals surface area contributed by atoms with E-state index in [9.17, 15) is 24.3 Å². The molecule has 1 aliphatic heterocycles. The summed E-state index contributed by atoms with van der Waals surface area (Å²) >= 11 is 0. The van der Waals surface area contributed by atoms with Crippen molar-refractivity contribution in [1.82, 2.24) is 10.2 Å². The first-order valence-electron chi connectivity index (χ1n) is 9.16. The Balaban J connectivity index is 1.99. The largest absolute Gasteiger partial charge is 0.508 e. The highest BCUT2D eigenvalue weighted by Crippen LogP contribution is 2.19. The molecule has 5 N–H and O–H groups in total. The normalized spacial score (nSPS) is 17.1. The number of nitrogens with one attached hydrogen (secondary N) is 1. The molecule has 2 atom stereocenters. The number of nitrogens with two attached hydrogens (primary N) is 1. The summed E-state index contributed by atoms with van der Waals surface area (Å²) in [5, 5.41) is 20.8. The third-order valence-corrected chi connectivity index (χ3v) is 4.72. The highest BCUT2D eigenvalue weighted by atomic mass is 16.4. The summed E-state index contributed by atoms with van der Waals surface area (Å²) < 4.78 is 0. The fourth-order valence-corrected chi connectivity index (χ4v) is 3.24. The zero-order valence-corrected chi connectivity index (χ0v) is 15.5. The van der Waals surface area contributed by atoms with Gasteiger partial charge in [-0.1, -0.05) is 12.1 Å². The molecule has 3 amide bonds. The Morgan fingerprint density at radius 1 is 1.18 bits per heavy atom. The van der Waals surface area contributed by atoms with Gasteiger partial charge in [-0.25, -0.2) is 0 Å². The van der Waals surface area contributed by atoms with Gasteiger partial charge in [0.2, 0.25) is 17.7 Å². The lowest BCUT2D eigenvalue weighted by Gasteiger charge is -2.27. The molecule has 28 heavy (non-hydrogen) atoms. The van der Waals surface area contributed by atoms with Crippen LogP contribution in [0.1, 0.15) is 37.7 Å². The standard InChI is InChI=1S/C19H25N3O6/c20-18(27)15-2-1-11-22(15)19(28)14(8-10-17(25)26)21-16(24)9-5-12-3-6-13(23)7-4-12/h3-4,6-7,14-15,23H,1-2,5,8-11H2,(H2,20,27)(H,21,24)(H,25,26)/t14-,15-/m0/s1. The second kappa shape index (κ2) is 9.72. The molecule has 0 bridgehead atoms. The van der Waals surface area contributed by atoms with Gasteiger partial charge in [-0.15, -0.1) is 0 Å². The lowest BCUT2D eigenvalue weighted by atomic mass is 10.1. The number of phenolic OH excluding ortho intramolecular Hbond substituents is 1. The molecule has 9 nitrogen and oxygen atoms in total. The van der Waals surface area contributed by atoms with E-state index in [2.05, 4.69) is 5.32 Å². The fourth-order valence-electron chi connectivity index (χ4n) is 3.24. The number of carbonyl (C=O) groups is 4. The topological polar surface area (TPSA) is 150 Å². The number of aliphatic carboxylic acids is 1. The quantitative estimate of drug-likeness (QED) is 0.471. The summed E-state index contributed by atoms with van der Waals surface area (Å²) in [6.07, 6.45) is 1.23. The summed E-state index contributed by atoms with van der Waals surface area (Å²) in [6, 6.07) is 4.67. The summed E-state index contributed by atoms with van der Waals surface area (Å²) in [5.74, 6) is -2.44. The average molecular weight is 391 g/mol. The van der Waals surface area contributed by atoms with Gasteiger partial charge in [0.15, 0.2) is 0 Å². The van der Waals surface area contributed by atoms with Gasteiger partial charge < -0.3 is 26.2 Å². The monoisotopic (exact) mass is 391 g/mol. The minimum atomic E-state index is -1.08. The summed E-state index contributed by atoms with van der Waals surface area (Å²) in [4.78, 5) is 48.9. The predicted molar refractivity (Wildman–Crippen MR) is 99.2 cm³/mol. The molecule has 1 fully saturated rings. The van der Waals surface area contributed by atoms with E-state index in [1.807, 2.05) is 0 Å². The summed E-state index contributed by atoms with van der Waals surface area (Å²) in [7, 11) is 0. The number of hydrogen-bond donors (Lipinski definition) is 4. The minimum Gasteiger partial charge on any atom is -0.508 e. The maximum absolute atomic E-state index is 12.8. The van der Waals surface area contributed by atoms with Gasteiger partial charge in [-0.05, 0) is 43.4 Å². The van der Waals surface area contributed by atoms with Crippen LogP contribution in [0, 0.1) is 0 Å². The number of benzene rings is 1. The van der Waals surface area contributed by atoms with E-state index in [0.717, 1.165) is 5.56 Å². The number of rotatable bonds is 9. The number of carboxylic acids is 1. The van der Waals surface area contributed by atoms with Gasteiger partial charge in [0.25, 0.3) is 0 Å². The highest BCUT2D eigenvalue weighted by molar-refractivity contribution is 5.92. The number of likely N-dealkylation sites (tertiary alicyclic amines) is 1. The van der Waals surface area contributed by atoms with Crippen LogP contribution in [-0.2, 0) is 25.6 Å². The first-order valence-corrected chi connectivity index (χ1v) is 9.16. The highest BCUT2D eigenvalue weighted by Gasteiger charge is 2.36. The third-order valence-electron chi connectivity index (χ3n) is 4.72. The van der Waals surface area contributed by atoms with Crippen LogP contribution in [0.2, 0.25) is 0 Å². The van der Waals surface area contributed by atoms with Crippen LogP contribution in [0.15, 0.2) is 24.3 Å². The number of primary amides is 1. The second-order valence-corrected chi connectivity index (χ2v) is 6.81. The molecule has 0 aromatic heterocycles. The number of hydrogen-bond acceptors (Lipinski definition) is 5. The molecule has 1 saturated heterocycles. The Bertz CT molecular complexity index is 734. The van der Waals surface area contributed by atoms with Crippen LogP contribution in [0.25, 0.3) is 0 Å². The maximum Gasteiger partial charge on any atom is 0.303 e. The van der Waals surface area contributed by atoms with Crippen molar-refractivity contribution in [3.05, 3.63) is 29.8 Å². The van der Waals surface area contributed by atoms with Crippen molar-refractivity contribution in [2.75, 3.05) is 6.54 Å². The van der Waals surface area contributed by atoms with Gasteiger partial charge in [0, 0.05) is 19.4 Å². The van der Waals surface area contributed by atoms with E-state index in [4.69, 9.17) is 10.8 Å². The molecule has 2 rings (SSSR count). The van der Waals surface area contributed by atoms with Crippen LogP contribution in [0.3, 0.4) is 0 Å². The molecule has 0 aliphatic carbocycles. The molecular weight excluding hydrogens is 366 g/mol. The van der Waals surface area contributed by atoms with E-state index < -0.39 is 35.8 Å². The van der Waals surface area contributed by atoms with E-state index in [-0.39, 0.29) is 25.0 Å². The first-order chi connectivity index (χ1) is 13.3. The number of aryl methyl sites for hydroxylation is 1. The summed E-state index contributed by atoms with van der Waals surface area (Å²) in [5.41, 5.74) is 6.18. The average Bonchev–Trinajstić information content (AvgIpc) is 3.14. The Kier molecular flexibility index (Phi) is 7.36. The van der Waals surface area contributed by atoms with E-state index >= 15 is 0 Å². The lowest BCUT2D eigenvalue weighted by Crippen LogP contribution is -2.53. The van der Waals surface area contributed by atoms with Crippen molar-refractivity contribution in [2.45, 2.75) is 50.6 Å². The van der Waals surface area contributed by atoms with Gasteiger partial charge in [0.05, 0.1) is 0 Å². The number of aromatic hydroxyl groups is 1. The zero-order valence-electron chi connectivity index (χ0n) is 15.5. The molecule has 9 heteroatoms. The molecule has 0 unspecified atom stereocenters. The lowest BCUT2D eigenvalue weighted by molar-refractivity contribution is -0.142. The van der Waals surface area contributed by atoms with Crippen molar-refractivity contribution >= 4 is 23.7 Å². The number of phenols is 1. The van der Waals surface area contributed by atoms with Crippen molar-refractivity contribution in [3.63, 3.8) is 0 Å². The molecule has 0 saturated carbocycles. The van der Waals surface area contributed by atoms with Crippen LogP contribution in [0.4, 0.5) is 0 Å². The molecule has 0 spiro atoms. The van der Waals surface area contributed by atoms with Crippen LogP contribution in [-0.4, -0.2) is 57.4 Å². The molecule has 1 aliphatic rings. The van der Waals surface area contributed by atoms with E-state index in [1.54, 1.807) is 12.1 Å². The maximum atomic E-state index is 12.8. The van der Waals surface area contributed by atoms with E-state index in [0.29, 0.717) is 25.8 Å². The van der Waals surface area contributed by atoms with Crippen molar-refractivity contribution in [2.24, 2.45) is 5.73 Å². The van der Waals surface area contributed by atoms with Crippen molar-refractivity contribution in [1.29, 1.82) is 0 Å². The van der Waals surface area contributed by atoms with Crippen molar-refractivity contribution in [3.8, 4) is 5.75 Å². The predicted octanol–water partition coefficient (Wildman–Crippen LogP) is 0.151. The van der Waals surface area contributed by atoms with Crippen LogP contribution in [0.5, 0.6) is 5.75 Å². The molecule has 1 aromatic carbocycles. The Morgan fingerprint density at radius 3 is 2.46 bits per heavy atom. The first kappa shape index (κ1) is 21.2. The van der Waals surface area contributed by atoms with Gasteiger partial charge in [0.1, 0.15) is 17.8 Å². The number of carboxylic acid groups (broad SMARTS) is 1. The molecule has 152 valence electrons. The number of amides is 3. The van der Waals surface area contributed by atoms with Gasteiger partial charge >= 0.3 is 5.97 Å². The van der Waals surface area contributed by atoms with Gasteiger partial charge in [-0.3, -0.25) is 19.2 Å². The number of carbonyl (C=O) groups excluding carboxylic acids is 3. The fraction of sp³-hybridized carbons (Fsp3) is 0.474. The van der Waals surface area contributed by atoms with Crippen molar-refractivity contribution < 1.29 is 29.4 Å². The molecule has 1 aromatic rings. The third kappa shape index (κ3) is 5.97. The van der Waals surface area contributed by atoms with Gasteiger partial charge in [-0.2, -0.15) is 0 Å². The molecule has 1 heterocycles. The Morgan fingerprint density at radius 2 is 1.86 bits per heavy atom. The molecule has 0 radical (unpaired) electrons. The molecular formula is C19H25N3O6. The second-order valence-electron chi connectivity index (χ2n) is 6.81. The number of nitrogens with zero attached hydrogens (tertiary/aromatic N) is 1. The zero-order chi connectivity index (χ0) is 20.7. The minimum absolute atomic E-state index is 0.0684. The Hall–Kier alpha value is -3.10. The SMILES string of the molecule is NC(=O)[C@@H]1CCCN1C(=O)[C@H](CCC(=O)O)NC(=O)CCc1ccc(O)cc1. The van der Waals surface area contributed by atoms with E-state index in [1.165, 1.54) is 17.0 Å². The summed E-state index contributed by atoms with van der Waals surface area (Å²) in [6.45, 7) is 0.347. The Labute approximate surface area is 162 Å². The van der Waals surface area contributed by atoms with Crippen LogP contribution >= 0.6 is 0 Å². The van der Waals surface area contributed by atoms with Crippen LogP contribution < -0.4 is 11.1 Å².